The average Bonchev–Trinajstić information content (AvgIpc) is 2.15. The van der Waals surface area contributed by atoms with Gasteiger partial charge in [0.25, 0.3) is 5.67 Å². The van der Waals surface area contributed by atoms with Crippen LogP contribution in [0.1, 0.15) is 0 Å². The van der Waals surface area contributed by atoms with E-state index in [-0.39, 0.29) is 0 Å². The highest BCUT2D eigenvalue weighted by molar-refractivity contribution is 4.92. The first-order chi connectivity index (χ1) is 6.70. The van der Waals surface area contributed by atoms with E-state index >= 15 is 0 Å². The van der Waals surface area contributed by atoms with Gasteiger partial charge in [-0.2, -0.15) is 22.0 Å². The topological polar surface area (TPSA) is 9.23 Å². The Morgan fingerprint density at radius 1 is 0.933 bits per heavy atom. The largest absolute Gasteiger partial charge is 0.440 e. The molecular formula is C6H4F8O. The van der Waals surface area contributed by atoms with E-state index in [1.807, 2.05) is 0 Å². The Morgan fingerprint density at radius 2 is 1.33 bits per heavy atom. The van der Waals surface area contributed by atoms with E-state index < -0.39 is 37.2 Å². The smallest absolute Gasteiger partial charge is 0.400 e. The van der Waals surface area contributed by atoms with Gasteiger partial charge in [0.2, 0.25) is 0 Å². The average molecular weight is 244 g/mol. The van der Waals surface area contributed by atoms with Crippen molar-refractivity contribution >= 4 is 0 Å². The SMILES string of the molecule is FCC(F)(CF)C(F)(F)OC(F)=C(F)F. The van der Waals surface area contributed by atoms with Crippen LogP contribution in [0, 0.1) is 0 Å². The van der Waals surface area contributed by atoms with Crippen molar-refractivity contribution < 1.29 is 39.9 Å². The Labute approximate surface area is 78.3 Å². The summed E-state index contributed by atoms with van der Waals surface area (Å²) in [5, 5.41) is 0. The minimum absolute atomic E-state index is 2.52. The van der Waals surface area contributed by atoms with E-state index in [1.54, 1.807) is 0 Å². The van der Waals surface area contributed by atoms with Crippen molar-refractivity contribution in [2.45, 2.75) is 11.8 Å². The van der Waals surface area contributed by atoms with Crippen LogP contribution in [0.5, 0.6) is 0 Å². The molecule has 15 heavy (non-hydrogen) atoms. The van der Waals surface area contributed by atoms with E-state index in [1.165, 1.54) is 0 Å². The first-order valence-corrected chi connectivity index (χ1v) is 3.28. The molecule has 0 aliphatic rings. The summed E-state index contributed by atoms with van der Waals surface area (Å²) in [6, 6.07) is -3.09. The van der Waals surface area contributed by atoms with Crippen molar-refractivity contribution in [1.29, 1.82) is 0 Å². The van der Waals surface area contributed by atoms with E-state index in [2.05, 4.69) is 4.74 Å². The molecule has 0 atom stereocenters. The molecule has 1 nitrogen and oxygen atoms in total. The van der Waals surface area contributed by atoms with Crippen LogP contribution in [-0.2, 0) is 4.74 Å². The van der Waals surface area contributed by atoms with Crippen molar-refractivity contribution in [3.05, 3.63) is 12.1 Å². The van der Waals surface area contributed by atoms with Crippen molar-refractivity contribution in [1.82, 2.24) is 0 Å². The van der Waals surface area contributed by atoms with E-state index in [4.69, 9.17) is 0 Å². The third-order valence-electron chi connectivity index (χ3n) is 1.31. The van der Waals surface area contributed by atoms with Crippen LogP contribution in [0.15, 0.2) is 12.1 Å². The Kier molecular flexibility index (Phi) is 4.35. The summed E-state index contributed by atoms with van der Waals surface area (Å²) < 4.78 is 97.7. The molecule has 0 saturated carbocycles. The van der Waals surface area contributed by atoms with Gasteiger partial charge in [-0.25, -0.2) is 13.2 Å². The second-order valence-electron chi connectivity index (χ2n) is 2.39. The normalized spacial score (nSPS) is 12.5. The zero-order valence-corrected chi connectivity index (χ0v) is 6.85. The predicted octanol–water partition coefficient (Wildman–Crippen LogP) is 3.28. The highest BCUT2D eigenvalue weighted by Gasteiger charge is 2.59. The molecule has 0 aliphatic carbocycles. The van der Waals surface area contributed by atoms with E-state index in [0.717, 1.165) is 0 Å². The van der Waals surface area contributed by atoms with Gasteiger partial charge >= 0.3 is 18.2 Å². The van der Waals surface area contributed by atoms with E-state index in [0.29, 0.717) is 0 Å². The van der Waals surface area contributed by atoms with Crippen molar-refractivity contribution in [2.75, 3.05) is 13.3 Å². The van der Waals surface area contributed by atoms with Gasteiger partial charge in [0.05, 0.1) is 0 Å². The monoisotopic (exact) mass is 244 g/mol. The fourth-order valence-electron chi connectivity index (χ4n) is 0.434. The van der Waals surface area contributed by atoms with E-state index in [9.17, 15) is 35.1 Å². The molecule has 90 valence electrons. The highest BCUT2D eigenvalue weighted by Crippen LogP contribution is 2.37. The summed E-state index contributed by atoms with van der Waals surface area (Å²) >= 11 is 0. The Hall–Kier alpha value is -1.02. The van der Waals surface area contributed by atoms with Gasteiger partial charge in [-0.05, 0) is 0 Å². The fraction of sp³-hybridized carbons (Fsp3) is 0.667. The molecule has 0 rings (SSSR count). The van der Waals surface area contributed by atoms with Crippen LogP contribution >= 0.6 is 0 Å². The summed E-state index contributed by atoms with van der Waals surface area (Å²) in [6.07, 6.45) is -8.67. The summed E-state index contributed by atoms with van der Waals surface area (Å²) in [5.41, 5.74) is -4.50. The van der Waals surface area contributed by atoms with Gasteiger partial charge in [-0.1, -0.05) is 0 Å². The summed E-state index contributed by atoms with van der Waals surface area (Å²) in [7, 11) is 0. The lowest BCUT2D eigenvalue weighted by Gasteiger charge is -2.27. The second-order valence-corrected chi connectivity index (χ2v) is 2.39. The maximum Gasteiger partial charge on any atom is 0.440 e. The molecule has 0 N–H and O–H groups in total. The predicted molar refractivity (Wildman–Crippen MR) is 32.2 cm³/mol. The minimum Gasteiger partial charge on any atom is -0.400 e. The molecular weight excluding hydrogens is 240 g/mol. The molecule has 0 unspecified atom stereocenters. The summed E-state index contributed by atoms with van der Waals surface area (Å²) in [6.45, 7) is -5.12. The molecule has 0 aromatic heterocycles. The van der Waals surface area contributed by atoms with Crippen LogP contribution in [0.25, 0.3) is 0 Å². The van der Waals surface area contributed by atoms with Gasteiger partial charge in [0.1, 0.15) is 13.3 Å². The number of hydrogen-bond acceptors (Lipinski definition) is 1. The van der Waals surface area contributed by atoms with Gasteiger partial charge in [0.15, 0.2) is 0 Å². The van der Waals surface area contributed by atoms with Crippen LogP contribution in [0.2, 0.25) is 0 Å². The summed E-state index contributed by atoms with van der Waals surface area (Å²) in [4.78, 5) is 0. The molecule has 0 fully saturated rings. The van der Waals surface area contributed by atoms with Crippen LogP contribution in [0.3, 0.4) is 0 Å². The highest BCUT2D eigenvalue weighted by atomic mass is 19.3. The van der Waals surface area contributed by atoms with Crippen molar-refractivity contribution in [3.8, 4) is 0 Å². The molecule has 0 saturated heterocycles. The molecule has 0 aromatic carbocycles. The third kappa shape index (κ3) is 2.96. The fourth-order valence-corrected chi connectivity index (χ4v) is 0.434. The molecule has 0 spiro atoms. The first kappa shape index (κ1) is 14.0. The molecule has 0 aromatic rings. The van der Waals surface area contributed by atoms with Crippen molar-refractivity contribution in [2.24, 2.45) is 0 Å². The standard InChI is InChI=1S/C6H4F8O/c7-1-5(12,2-8)6(13,14)15-4(11)3(9)10/h1-2H2. The maximum atomic E-state index is 12.6. The zero-order valence-electron chi connectivity index (χ0n) is 6.85. The second kappa shape index (κ2) is 4.67. The number of halogens is 8. The van der Waals surface area contributed by atoms with Crippen LogP contribution < -0.4 is 0 Å². The lowest BCUT2D eigenvalue weighted by Crippen LogP contribution is -2.49. The van der Waals surface area contributed by atoms with Gasteiger partial charge < -0.3 is 4.74 Å². The molecule has 0 radical (unpaired) electrons. The minimum atomic E-state index is -5.37. The molecule has 0 aliphatic heterocycles. The number of hydrogen-bond donors (Lipinski definition) is 0. The number of alkyl halides is 5. The molecule has 0 bridgehead atoms. The quantitative estimate of drug-likeness (QED) is 0.532. The Bertz CT molecular complexity index is 242. The Morgan fingerprint density at radius 3 is 1.60 bits per heavy atom. The van der Waals surface area contributed by atoms with Gasteiger partial charge in [-0.3, -0.25) is 0 Å². The van der Waals surface area contributed by atoms with Crippen LogP contribution in [0.4, 0.5) is 35.1 Å². The molecule has 9 heteroatoms. The van der Waals surface area contributed by atoms with Crippen LogP contribution in [-0.4, -0.2) is 25.1 Å². The lowest BCUT2D eigenvalue weighted by molar-refractivity contribution is -0.307. The zero-order chi connectivity index (χ0) is 12.3. The Balaban J connectivity index is 4.90. The third-order valence-corrected chi connectivity index (χ3v) is 1.31. The number of rotatable bonds is 5. The lowest BCUT2D eigenvalue weighted by atomic mass is 10.1. The first-order valence-electron chi connectivity index (χ1n) is 3.28. The van der Waals surface area contributed by atoms with Crippen molar-refractivity contribution in [3.63, 3.8) is 0 Å². The maximum absolute atomic E-state index is 12.6. The molecule has 0 heterocycles. The number of ether oxygens (including phenoxy) is 1. The van der Waals surface area contributed by atoms with Gasteiger partial charge in [-0.15, -0.1) is 0 Å². The van der Waals surface area contributed by atoms with Gasteiger partial charge in [0, 0.05) is 0 Å². The molecule has 0 amide bonds. The summed E-state index contributed by atoms with van der Waals surface area (Å²) in [5.74, 6) is 0.